The molecular formula is C12H14ClNO2. The van der Waals surface area contributed by atoms with E-state index in [0.29, 0.717) is 11.4 Å². The zero-order chi connectivity index (χ0) is 11.6. The predicted molar refractivity (Wildman–Crippen MR) is 63.1 cm³/mol. The van der Waals surface area contributed by atoms with Gasteiger partial charge in [0, 0.05) is 11.4 Å². The van der Waals surface area contributed by atoms with Gasteiger partial charge in [0.2, 0.25) is 0 Å². The molecule has 1 aliphatic rings. The van der Waals surface area contributed by atoms with E-state index in [0.717, 1.165) is 18.6 Å². The van der Waals surface area contributed by atoms with Crippen molar-refractivity contribution in [1.29, 1.82) is 0 Å². The van der Waals surface area contributed by atoms with Crippen LogP contribution < -0.4 is 10.1 Å². The topological polar surface area (TPSA) is 38.3 Å². The Kier molecular flexibility index (Phi) is 3.06. The summed E-state index contributed by atoms with van der Waals surface area (Å²) in [5.41, 5.74) is 0.482. The number of benzene rings is 1. The van der Waals surface area contributed by atoms with Gasteiger partial charge in [0.25, 0.3) is 5.91 Å². The molecule has 2 rings (SSSR count). The third-order valence-corrected chi connectivity index (χ3v) is 3.35. The lowest BCUT2D eigenvalue weighted by Gasteiger charge is -2.13. The van der Waals surface area contributed by atoms with Gasteiger partial charge in [-0.2, -0.15) is 0 Å². The van der Waals surface area contributed by atoms with Crippen LogP contribution in [0.25, 0.3) is 0 Å². The van der Waals surface area contributed by atoms with Crippen LogP contribution >= 0.6 is 11.6 Å². The minimum Gasteiger partial charge on any atom is -0.497 e. The van der Waals surface area contributed by atoms with E-state index in [1.165, 1.54) is 0 Å². The molecule has 0 aromatic heterocycles. The molecule has 0 unspecified atom stereocenters. The van der Waals surface area contributed by atoms with Crippen molar-refractivity contribution in [2.75, 3.05) is 13.0 Å². The van der Waals surface area contributed by atoms with Crippen LogP contribution in [0.1, 0.15) is 23.2 Å². The zero-order valence-corrected chi connectivity index (χ0v) is 9.88. The average Bonchev–Trinajstić information content (AvgIpc) is 3.09. The van der Waals surface area contributed by atoms with Crippen molar-refractivity contribution in [3.8, 4) is 5.75 Å². The van der Waals surface area contributed by atoms with Gasteiger partial charge in [0.05, 0.1) is 12.6 Å². The second-order valence-electron chi connectivity index (χ2n) is 4.10. The third kappa shape index (κ3) is 2.30. The molecule has 0 atom stereocenters. The predicted octanol–water partition coefficient (Wildman–Crippen LogP) is 2.20. The van der Waals surface area contributed by atoms with E-state index in [-0.39, 0.29) is 11.4 Å². The van der Waals surface area contributed by atoms with E-state index >= 15 is 0 Å². The van der Waals surface area contributed by atoms with E-state index in [1.807, 2.05) is 0 Å². The number of methoxy groups -OCH3 is 1. The van der Waals surface area contributed by atoms with Crippen LogP contribution in [0.2, 0.25) is 0 Å². The molecule has 0 spiro atoms. The number of alkyl halides is 1. The molecule has 16 heavy (non-hydrogen) atoms. The first-order valence-corrected chi connectivity index (χ1v) is 5.75. The number of halogens is 1. The Morgan fingerprint density at radius 3 is 2.50 bits per heavy atom. The molecule has 1 aliphatic carbocycles. The van der Waals surface area contributed by atoms with Gasteiger partial charge in [-0.1, -0.05) is 0 Å². The fraction of sp³-hybridized carbons (Fsp3) is 0.417. The molecular weight excluding hydrogens is 226 g/mol. The number of hydrogen-bond acceptors (Lipinski definition) is 2. The molecule has 1 fully saturated rings. The van der Waals surface area contributed by atoms with Gasteiger partial charge in [-0.3, -0.25) is 4.79 Å². The van der Waals surface area contributed by atoms with Crippen molar-refractivity contribution in [1.82, 2.24) is 5.32 Å². The summed E-state index contributed by atoms with van der Waals surface area (Å²) < 4.78 is 5.03. The molecule has 1 amide bonds. The summed E-state index contributed by atoms with van der Waals surface area (Å²) in [6, 6.07) is 7.04. The molecule has 3 nitrogen and oxygen atoms in total. The Hall–Kier alpha value is -1.22. The highest BCUT2D eigenvalue weighted by Crippen LogP contribution is 2.36. The monoisotopic (exact) mass is 239 g/mol. The lowest BCUT2D eigenvalue weighted by molar-refractivity contribution is 0.0936. The molecule has 0 heterocycles. The van der Waals surface area contributed by atoms with Gasteiger partial charge in [-0.05, 0) is 37.1 Å². The standard InChI is InChI=1S/C12H14ClNO2/c1-16-10-4-2-9(3-5-10)11(15)14-12(8-13)6-7-12/h2-5H,6-8H2,1H3,(H,14,15). The molecule has 0 bridgehead atoms. The fourth-order valence-corrected chi connectivity index (χ4v) is 1.83. The summed E-state index contributed by atoms with van der Waals surface area (Å²) in [7, 11) is 1.60. The van der Waals surface area contributed by atoms with Crippen molar-refractivity contribution in [2.24, 2.45) is 0 Å². The number of nitrogens with one attached hydrogen (secondary N) is 1. The first-order chi connectivity index (χ1) is 7.69. The van der Waals surface area contributed by atoms with Gasteiger partial charge in [-0.15, -0.1) is 11.6 Å². The minimum atomic E-state index is -0.154. The second kappa shape index (κ2) is 4.34. The first kappa shape index (κ1) is 11.3. The summed E-state index contributed by atoms with van der Waals surface area (Å²) in [5, 5.41) is 2.96. The molecule has 0 aliphatic heterocycles. The van der Waals surface area contributed by atoms with Crippen molar-refractivity contribution in [3.63, 3.8) is 0 Å². The van der Waals surface area contributed by atoms with Crippen molar-refractivity contribution < 1.29 is 9.53 Å². The minimum absolute atomic E-state index is 0.0687. The summed E-state index contributed by atoms with van der Waals surface area (Å²) in [6.07, 6.45) is 1.94. The van der Waals surface area contributed by atoms with E-state index in [1.54, 1.807) is 31.4 Å². The SMILES string of the molecule is COc1ccc(C(=O)NC2(CCl)CC2)cc1. The largest absolute Gasteiger partial charge is 0.497 e. The number of hydrogen-bond donors (Lipinski definition) is 1. The lowest BCUT2D eigenvalue weighted by Crippen LogP contribution is -2.38. The van der Waals surface area contributed by atoms with Crippen molar-refractivity contribution in [3.05, 3.63) is 29.8 Å². The van der Waals surface area contributed by atoms with Crippen LogP contribution in [0.3, 0.4) is 0 Å². The highest BCUT2D eigenvalue weighted by atomic mass is 35.5. The fourth-order valence-electron chi connectivity index (χ4n) is 1.50. The maximum absolute atomic E-state index is 11.8. The Labute approximate surface area is 99.7 Å². The molecule has 0 radical (unpaired) electrons. The van der Waals surface area contributed by atoms with E-state index < -0.39 is 0 Å². The second-order valence-corrected chi connectivity index (χ2v) is 4.36. The summed E-state index contributed by atoms with van der Waals surface area (Å²) >= 11 is 5.80. The smallest absolute Gasteiger partial charge is 0.251 e. The maximum Gasteiger partial charge on any atom is 0.251 e. The highest BCUT2D eigenvalue weighted by Gasteiger charge is 2.43. The number of carbonyl (C=O) groups is 1. The number of rotatable bonds is 4. The first-order valence-electron chi connectivity index (χ1n) is 5.22. The quantitative estimate of drug-likeness (QED) is 0.818. The van der Waals surface area contributed by atoms with Gasteiger partial charge in [0.1, 0.15) is 5.75 Å². The molecule has 0 saturated heterocycles. The van der Waals surface area contributed by atoms with Crippen LogP contribution in [0.15, 0.2) is 24.3 Å². The van der Waals surface area contributed by atoms with E-state index in [2.05, 4.69) is 5.32 Å². The van der Waals surface area contributed by atoms with Crippen LogP contribution in [0.5, 0.6) is 5.75 Å². The van der Waals surface area contributed by atoms with E-state index in [9.17, 15) is 4.79 Å². The van der Waals surface area contributed by atoms with Crippen LogP contribution in [-0.2, 0) is 0 Å². The van der Waals surface area contributed by atoms with E-state index in [4.69, 9.17) is 16.3 Å². The van der Waals surface area contributed by atoms with Crippen molar-refractivity contribution >= 4 is 17.5 Å². The molecule has 1 saturated carbocycles. The normalized spacial score (nSPS) is 16.6. The lowest BCUT2D eigenvalue weighted by atomic mass is 10.2. The van der Waals surface area contributed by atoms with Crippen molar-refractivity contribution in [2.45, 2.75) is 18.4 Å². The van der Waals surface area contributed by atoms with Gasteiger partial charge >= 0.3 is 0 Å². The Bertz CT molecular complexity index is 385. The van der Waals surface area contributed by atoms with Gasteiger partial charge < -0.3 is 10.1 Å². The molecule has 1 aromatic rings. The summed E-state index contributed by atoms with van der Waals surface area (Å²) in [6.45, 7) is 0. The van der Waals surface area contributed by atoms with Gasteiger partial charge in [0.15, 0.2) is 0 Å². The summed E-state index contributed by atoms with van der Waals surface area (Å²) in [4.78, 5) is 11.8. The zero-order valence-electron chi connectivity index (χ0n) is 9.13. The Balaban J connectivity index is 2.03. The molecule has 4 heteroatoms. The van der Waals surface area contributed by atoms with Crippen LogP contribution in [-0.4, -0.2) is 24.4 Å². The number of ether oxygens (including phenoxy) is 1. The average molecular weight is 240 g/mol. The number of carbonyl (C=O) groups excluding carboxylic acids is 1. The molecule has 1 aromatic carbocycles. The number of amides is 1. The third-order valence-electron chi connectivity index (χ3n) is 2.84. The van der Waals surface area contributed by atoms with Gasteiger partial charge in [-0.25, -0.2) is 0 Å². The Morgan fingerprint density at radius 1 is 1.44 bits per heavy atom. The van der Waals surface area contributed by atoms with Crippen LogP contribution in [0.4, 0.5) is 0 Å². The maximum atomic E-state index is 11.8. The molecule has 86 valence electrons. The highest BCUT2D eigenvalue weighted by molar-refractivity contribution is 6.19. The van der Waals surface area contributed by atoms with Crippen LogP contribution in [0, 0.1) is 0 Å². The summed E-state index contributed by atoms with van der Waals surface area (Å²) in [5.74, 6) is 1.16. The Morgan fingerprint density at radius 2 is 2.06 bits per heavy atom. The molecule has 1 N–H and O–H groups in total.